The van der Waals surface area contributed by atoms with Gasteiger partial charge < -0.3 is 20.5 Å². The largest absolute Gasteiger partial charge is 0.478 e. The fourth-order valence-corrected chi connectivity index (χ4v) is 2.73. The minimum absolute atomic E-state index is 0.0446. The molecular formula is C22H14F6N2O4. The van der Waals surface area contributed by atoms with Crippen molar-refractivity contribution in [2.45, 2.75) is 12.4 Å². The third kappa shape index (κ3) is 6.40. The van der Waals surface area contributed by atoms with Gasteiger partial charge in [-0.05, 0) is 66.7 Å². The summed E-state index contributed by atoms with van der Waals surface area (Å²) in [7, 11) is 0. The first kappa shape index (κ1) is 24.4. The summed E-state index contributed by atoms with van der Waals surface area (Å²) < 4.78 is 83.1. The van der Waals surface area contributed by atoms with Gasteiger partial charge in [-0.25, -0.2) is 9.59 Å². The highest BCUT2D eigenvalue weighted by atomic mass is 19.4. The van der Waals surface area contributed by atoms with Gasteiger partial charge in [0.15, 0.2) is 0 Å². The lowest BCUT2D eigenvalue weighted by atomic mass is 10.1. The minimum atomic E-state index is -5.04. The quantitative estimate of drug-likeness (QED) is 0.346. The highest BCUT2D eigenvalue weighted by molar-refractivity contribution is 5.99. The number of hydrogen-bond acceptors (Lipinski definition) is 3. The monoisotopic (exact) mass is 484 g/mol. The maximum absolute atomic E-state index is 12.9. The molecule has 0 unspecified atom stereocenters. The second kappa shape index (κ2) is 9.33. The Morgan fingerprint density at radius 2 is 1.12 bits per heavy atom. The van der Waals surface area contributed by atoms with E-state index in [2.05, 4.69) is 5.32 Å². The summed E-state index contributed by atoms with van der Waals surface area (Å²) >= 11 is 0. The van der Waals surface area contributed by atoms with Gasteiger partial charge in [0.2, 0.25) is 0 Å². The predicted octanol–water partition coefficient (Wildman–Crippen LogP) is 6.86. The Morgan fingerprint density at radius 3 is 1.56 bits per heavy atom. The van der Waals surface area contributed by atoms with Crippen LogP contribution in [0.2, 0.25) is 0 Å². The zero-order chi connectivity index (χ0) is 25.1. The highest BCUT2D eigenvalue weighted by Crippen LogP contribution is 2.37. The summed E-state index contributed by atoms with van der Waals surface area (Å²) in [5.41, 5.74) is -3.56. The molecular weight excluding hydrogens is 470 g/mol. The van der Waals surface area contributed by atoms with Crippen LogP contribution in [0.4, 0.5) is 42.5 Å². The van der Waals surface area contributed by atoms with Crippen molar-refractivity contribution in [2.24, 2.45) is 0 Å². The summed E-state index contributed by atoms with van der Waals surface area (Å²) in [6.07, 6.45) is -10.1. The average Bonchev–Trinajstić information content (AvgIpc) is 2.74. The standard InChI is InChI=1S/C22H14F6N2O4/c23-21(24,25)13-9-14(22(26,27)28)11-16(10-13)30-20(33)29-15-3-7-18(8-4-15)34-17-5-1-12(2-6-17)19(31)32/h1-11H,(H,31,32)(H2,29,30,33). The number of benzene rings is 3. The molecule has 0 aromatic heterocycles. The molecule has 6 nitrogen and oxygen atoms in total. The molecule has 3 N–H and O–H groups in total. The summed E-state index contributed by atoms with van der Waals surface area (Å²) in [5.74, 6) is -0.435. The van der Waals surface area contributed by atoms with Crippen molar-refractivity contribution >= 4 is 23.4 Å². The number of hydrogen-bond donors (Lipinski definition) is 3. The number of aromatic carboxylic acids is 1. The number of carbonyl (C=O) groups is 2. The van der Waals surface area contributed by atoms with Crippen LogP contribution in [0.3, 0.4) is 0 Å². The second-order valence-electron chi connectivity index (χ2n) is 6.83. The van der Waals surface area contributed by atoms with Crippen molar-refractivity contribution < 1.29 is 45.8 Å². The Morgan fingerprint density at radius 1 is 0.676 bits per heavy atom. The average molecular weight is 484 g/mol. The van der Waals surface area contributed by atoms with Crippen LogP contribution in [0.1, 0.15) is 21.5 Å². The zero-order valence-corrected chi connectivity index (χ0v) is 16.8. The number of carbonyl (C=O) groups excluding carboxylic acids is 1. The normalized spacial score (nSPS) is 11.6. The van der Waals surface area contributed by atoms with Gasteiger partial charge in [-0.2, -0.15) is 26.3 Å². The van der Waals surface area contributed by atoms with Crippen molar-refractivity contribution in [1.82, 2.24) is 0 Å². The number of ether oxygens (including phenoxy) is 1. The lowest BCUT2D eigenvalue weighted by molar-refractivity contribution is -0.143. The van der Waals surface area contributed by atoms with Crippen LogP contribution >= 0.6 is 0 Å². The van der Waals surface area contributed by atoms with Gasteiger partial charge in [0.05, 0.1) is 16.7 Å². The Bertz CT molecular complexity index is 1160. The second-order valence-corrected chi connectivity index (χ2v) is 6.83. The molecule has 3 aromatic carbocycles. The third-order valence-corrected chi connectivity index (χ3v) is 4.29. The lowest BCUT2D eigenvalue weighted by Crippen LogP contribution is -2.20. The number of nitrogens with one attached hydrogen (secondary N) is 2. The Labute approximate surface area is 187 Å². The zero-order valence-electron chi connectivity index (χ0n) is 16.8. The summed E-state index contributed by atoms with van der Waals surface area (Å²) in [6, 6.07) is 10.9. The molecule has 0 fully saturated rings. The molecule has 0 aliphatic heterocycles. The fraction of sp³-hybridized carbons (Fsp3) is 0.0909. The molecule has 0 aliphatic carbocycles. The topological polar surface area (TPSA) is 87.7 Å². The first-order valence-corrected chi connectivity index (χ1v) is 9.30. The van der Waals surface area contributed by atoms with Crippen LogP contribution in [-0.4, -0.2) is 17.1 Å². The van der Waals surface area contributed by atoms with Crippen LogP contribution in [0.15, 0.2) is 66.7 Å². The van der Waals surface area contributed by atoms with Crippen molar-refractivity contribution in [2.75, 3.05) is 10.6 Å². The number of amides is 2. The van der Waals surface area contributed by atoms with Crippen LogP contribution < -0.4 is 15.4 Å². The van der Waals surface area contributed by atoms with E-state index in [-0.39, 0.29) is 17.3 Å². The molecule has 34 heavy (non-hydrogen) atoms. The predicted molar refractivity (Wildman–Crippen MR) is 109 cm³/mol. The first-order valence-electron chi connectivity index (χ1n) is 9.30. The Balaban J connectivity index is 1.67. The molecule has 3 rings (SSSR count). The molecule has 0 atom stereocenters. The maximum atomic E-state index is 12.9. The van der Waals surface area contributed by atoms with E-state index in [0.29, 0.717) is 23.6 Å². The summed E-state index contributed by atoms with van der Waals surface area (Å²) in [4.78, 5) is 23.0. The lowest BCUT2D eigenvalue weighted by Gasteiger charge is -2.15. The van der Waals surface area contributed by atoms with Crippen LogP contribution in [0.25, 0.3) is 0 Å². The van der Waals surface area contributed by atoms with Crippen LogP contribution in [-0.2, 0) is 12.4 Å². The van der Waals surface area contributed by atoms with E-state index in [0.717, 1.165) is 0 Å². The smallest absolute Gasteiger partial charge is 0.416 e. The highest BCUT2D eigenvalue weighted by Gasteiger charge is 2.37. The van der Waals surface area contributed by atoms with Gasteiger partial charge in [0, 0.05) is 11.4 Å². The van der Waals surface area contributed by atoms with Gasteiger partial charge in [0.1, 0.15) is 11.5 Å². The molecule has 0 bridgehead atoms. The molecule has 0 heterocycles. The SMILES string of the molecule is O=C(Nc1ccc(Oc2ccc(C(=O)O)cc2)cc1)Nc1cc(C(F)(F)F)cc(C(F)(F)F)c1. The van der Waals surface area contributed by atoms with Gasteiger partial charge in [-0.1, -0.05) is 0 Å². The van der Waals surface area contributed by atoms with Crippen molar-refractivity contribution in [1.29, 1.82) is 0 Å². The molecule has 0 saturated carbocycles. The summed E-state index contributed by atoms with van der Waals surface area (Å²) in [5, 5.41) is 13.1. The van der Waals surface area contributed by atoms with Gasteiger partial charge in [-0.3, -0.25) is 0 Å². The van der Waals surface area contributed by atoms with Gasteiger partial charge >= 0.3 is 24.4 Å². The molecule has 0 aliphatic rings. The van der Waals surface area contributed by atoms with E-state index in [9.17, 15) is 35.9 Å². The van der Waals surface area contributed by atoms with E-state index in [1.54, 1.807) is 0 Å². The molecule has 0 radical (unpaired) electrons. The molecule has 0 saturated heterocycles. The first-order chi connectivity index (χ1) is 15.8. The maximum Gasteiger partial charge on any atom is 0.416 e. The van der Waals surface area contributed by atoms with E-state index < -0.39 is 41.2 Å². The van der Waals surface area contributed by atoms with E-state index >= 15 is 0 Å². The number of halogens is 6. The van der Waals surface area contributed by atoms with Gasteiger partial charge in [-0.15, -0.1) is 0 Å². The molecule has 178 valence electrons. The number of urea groups is 1. The third-order valence-electron chi connectivity index (χ3n) is 4.29. The van der Waals surface area contributed by atoms with Crippen LogP contribution in [0, 0.1) is 0 Å². The number of carboxylic acids is 1. The van der Waals surface area contributed by atoms with Crippen LogP contribution in [0.5, 0.6) is 11.5 Å². The minimum Gasteiger partial charge on any atom is -0.478 e. The van der Waals surface area contributed by atoms with Crippen molar-refractivity contribution in [3.05, 3.63) is 83.4 Å². The Hall–Kier alpha value is -4.22. The molecule has 2 amide bonds. The number of carboxylic acid groups (broad SMARTS) is 1. The number of alkyl halides is 6. The summed E-state index contributed by atoms with van der Waals surface area (Å²) in [6.45, 7) is 0. The van der Waals surface area contributed by atoms with Gasteiger partial charge in [0.25, 0.3) is 0 Å². The fourth-order valence-electron chi connectivity index (χ4n) is 2.73. The molecule has 0 spiro atoms. The van der Waals surface area contributed by atoms with Crippen molar-refractivity contribution in [3.8, 4) is 11.5 Å². The number of anilines is 2. The Kier molecular flexibility index (Phi) is 6.70. The van der Waals surface area contributed by atoms with E-state index in [1.165, 1.54) is 48.5 Å². The van der Waals surface area contributed by atoms with E-state index in [4.69, 9.17) is 9.84 Å². The van der Waals surface area contributed by atoms with E-state index in [1.807, 2.05) is 5.32 Å². The number of rotatable bonds is 5. The molecule has 3 aromatic rings. The van der Waals surface area contributed by atoms with Crippen molar-refractivity contribution in [3.63, 3.8) is 0 Å². The molecule has 12 heteroatoms.